The van der Waals surface area contributed by atoms with Crippen LogP contribution in [0.15, 0.2) is 18.2 Å². The van der Waals surface area contributed by atoms with E-state index in [9.17, 15) is 13.2 Å². The Hall–Kier alpha value is -1.23. The molecule has 0 aromatic heterocycles. The van der Waals surface area contributed by atoms with E-state index in [0.717, 1.165) is 31.9 Å². The summed E-state index contributed by atoms with van der Waals surface area (Å²) in [7, 11) is 0. The second kappa shape index (κ2) is 6.26. The number of nitrogens with two attached hydrogens (primary N) is 1. The summed E-state index contributed by atoms with van der Waals surface area (Å²) in [6.45, 7) is 5.47. The number of alkyl halides is 3. The third-order valence-electron chi connectivity index (χ3n) is 3.87. The Labute approximate surface area is 124 Å². The van der Waals surface area contributed by atoms with Crippen LogP contribution in [-0.2, 0) is 12.7 Å². The van der Waals surface area contributed by atoms with Gasteiger partial charge >= 0.3 is 6.18 Å². The summed E-state index contributed by atoms with van der Waals surface area (Å²) >= 11 is 0. The molecule has 0 aliphatic heterocycles. The van der Waals surface area contributed by atoms with E-state index in [-0.39, 0.29) is 5.69 Å². The van der Waals surface area contributed by atoms with Crippen molar-refractivity contribution in [1.29, 1.82) is 0 Å². The summed E-state index contributed by atoms with van der Waals surface area (Å²) in [5.41, 5.74) is 5.40. The zero-order valence-corrected chi connectivity index (χ0v) is 12.6. The molecule has 0 unspecified atom stereocenters. The summed E-state index contributed by atoms with van der Waals surface area (Å²) < 4.78 is 39.4. The second-order valence-electron chi connectivity index (χ2n) is 6.30. The molecule has 1 aliphatic carbocycles. The Morgan fingerprint density at radius 1 is 1.29 bits per heavy atom. The normalized spacial score (nSPS) is 16.0. The summed E-state index contributed by atoms with van der Waals surface area (Å²) in [5, 5.41) is 0. The van der Waals surface area contributed by atoms with Crippen LogP contribution in [0.2, 0.25) is 0 Å². The highest BCUT2D eigenvalue weighted by atomic mass is 19.4. The Morgan fingerprint density at radius 3 is 2.48 bits per heavy atom. The van der Waals surface area contributed by atoms with Crippen molar-refractivity contribution in [2.75, 3.05) is 12.3 Å². The van der Waals surface area contributed by atoms with Gasteiger partial charge in [-0.2, -0.15) is 13.2 Å². The summed E-state index contributed by atoms with van der Waals surface area (Å²) in [5.74, 6) is 0.555. The Balaban J connectivity index is 2.16. The van der Waals surface area contributed by atoms with Gasteiger partial charge in [0.05, 0.1) is 5.56 Å². The van der Waals surface area contributed by atoms with Crippen LogP contribution in [0.1, 0.15) is 44.2 Å². The van der Waals surface area contributed by atoms with E-state index in [2.05, 4.69) is 18.7 Å². The molecule has 1 saturated carbocycles. The third-order valence-corrected chi connectivity index (χ3v) is 3.87. The van der Waals surface area contributed by atoms with Crippen LogP contribution in [0.3, 0.4) is 0 Å². The maximum atomic E-state index is 13.1. The predicted octanol–water partition coefficient (Wildman–Crippen LogP) is 4.30. The molecule has 2 rings (SSSR count). The van der Waals surface area contributed by atoms with Crippen molar-refractivity contribution in [2.45, 2.75) is 51.9 Å². The first kappa shape index (κ1) is 16.1. The fraction of sp³-hybridized carbons (Fsp3) is 0.625. The van der Waals surface area contributed by atoms with Crippen molar-refractivity contribution < 1.29 is 13.2 Å². The molecule has 0 atom stereocenters. The van der Waals surface area contributed by atoms with Crippen LogP contribution in [-0.4, -0.2) is 17.5 Å². The predicted molar refractivity (Wildman–Crippen MR) is 78.7 cm³/mol. The SMILES string of the molecule is CC(C)CCN(Cc1ccc(N)cc1C(F)(F)F)C1CC1. The van der Waals surface area contributed by atoms with Gasteiger partial charge in [0.25, 0.3) is 0 Å². The Kier molecular flexibility index (Phi) is 4.81. The van der Waals surface area contributed by atoms with Crippen molar-refractivity contribution in [1.82, 2.24) is 4.90 Å². The van der Waals surface area contributed by atoms with Gasteiger partial charge in [0.1, 0.15) is 0 Å². The highest BCUT2D eigenvalue weighted by Gasteiger charge is 2.35. The number of hydrogen-bond donors (Lipinski definition) is 1. The molecule has 1 aromatic carbocycles. The minimum Gasteiger partial charge on any atom is -0.399 e. The average molecular weight is 300 g/mol. The highest BCUT2D eigenvalue weighted by molar-refractivity contribution is 5.46. The molecule has 0 amide bonds. The topological polar surface area (TPSA) is 29.3 Å². The lowest BCUT2D eigenvalue weighted by Gasteiger charge is -2.25. The fourth-order valence-electron chi connectivity index (χ4n) is 2.47. The number of anilines is 1. The Morgan fingerprint density at radius 2 is 1.95 bits per heavy atom. The number of nitrogen functional groups attached to an aromatic ring is 1. The van der Waals surface area contributed by atoms with E-state index >= 15 is 0 Å². The number of hydrogen-bond acceptors (Lipinski definition) is 2. The average Bonchev–Trinajstić information content (AvgIpc) is 3.18. The number of rotatable bonds is 6. The molecule has 1 aliphatic rings. The molecule has 2 N–H and O–H groups in total. The third kappa shape index (κ3) is 4.63. The molecular formula is C16H23F3N2. The molecule has 0 spiro atoms. The van der Waals surface area contributed by atoms with E-state index in [1.54, 1.807) is 6.07 Å². The molecule has 1 aromatic rings. The van der Waals surface area contributed by atoms with E-state index in [1.807, 2.05) is 0 Å². The van der Waals surface area contributed by atoms with E-state index in [4.69, 9.17) is 5.73 Å². The maximum absolute atomic E-state index is 13.1. The van der Waals surface area contributed by atoms with Crippen LogP contribution in [0.5, 0.6) is 0 Å². The summed E-state index contributed by atoms with van der Waals surface area (Å²) in [4.78, 5) is 2.18. The van der Waals surface area contributed by atoms with Gasteiger partial charge < -0.3 is 5.73 Å². The fourth-order valence-corrected chi connectivity index (χ4v) is 2.47. The highest BCUT2D eigenvalue weighted by Crippen LogP contribution is 2.36. The molecule has 0 heterocycles. The van der Waals surface area contributed by atoms with Crippen LogP contribution in [0.4, 0.5) is 18.9 Å². The molecule has 5 heteroatoms. The monoisotopic (exact) mass is 300 g/mol. The van der Waals surface area contributed by atoms with Gasteiger partial charge in [-0.05, 0) is 49.4 Å². The van der Waals surface area contributed by atoms with Crippen LogP contribution in [0, 0.1) is 5.92 Å². The molecular weight excluding hydrogens is 277 g/mol. The van der Waals surface area contributed by atoms with Gasteiger partial charge in [-0.15, -0.1) is 0 Å². The molecule has 1 fully saturated rings. The molecule has 0 radical (unpaired) electrons. The maximum Gasteiger partial charge on any atom is 0.416 e. The van der Waals surface area contributed by atoms with Gasteiger partial charge in [0.2, 0.25) is 0 Å². The summed E-state index contributed by atoms with van der Waals surface area (Å²) in [6, 6.07) is 4.56. The summed E-state index contributed by atoms with van der Waals surface area (Å²) in [6.07, 6.45) is -1.16. The van der Waals surface area contributed by atoms with Gasteiger partial charge in [-0.1, -0.05) is 19.9 Å². The molecule has 0 saturated heterocycles. The number of halogens is 3. The van der Waals surface area contributed by atoms with Crippen LogP contribution >= 0.6 is 0 Å². The van der Waals surface area contributed by atoms with Gasteiger partial charge in [-0.3, -0.25) is 4.90 Å². The molecule has 21 heavy (non-hydrogen) atoms. The largest absolute Gasteiger partial charge is 0.416 e. The standard InChI is InChI=1S/C16H23F3N2/c1-11(2)7-8-21(14-5-6-14)10-12-3-4-13(20)9-15(12)16(17,18)19/h3-4,9,11,14H,5-8,10,20H2,1-2H3. The van der Waals surface area contributed by atoms with E-state index in [1.165, 1.54) is 6.07 Å². The first-order valence-electron chi connectivity index (χ1n) is 7.47. The van der Waals surface area contributed by atoms with Gasteiger partial charge in [0, 0.05) is 18.3 Å². The number of benzene rings is 1. The molecule has 118 valence electrons. The molecule has 0 bridgehead atoms. The zero-order valence-electron chi connectivity index (χ0n) is 12.6. The minimum absolute atomic E-state index is 0.159. The smallest absolute Gasteiger partial charge is 0.399 e. The molecule has 2 nitrogen and oxygen atoms in total. The van der Waals surface area contributed by atoms with Crippen molar-refractivity contribution in [3.63, 3.8) is 0 Å². The van der Waals surface area contributed by atoms with Gasteiger partial charge in [0.15, 0.2) is 0 Å². The lowest BCUT2D eigenvalue weighted by molar-refractivity contribution is -0.138. The van der Waals surface area contributed by atoms with Crippen molar-refractivity contribution in [3.05, 3.63) is 29.3 Å². The zero-order chi connectivity index (χ0) is 15.6. The second-order valence-corrected chi connectivity index (χ2v) is 6.30. The quantitative estimate of drug-likeness (QED) is 0.794. The number of nitrogens with zero attached hydrogens (tertiary/aromatic N) is 1. The lowest BCUT2D eigenvalue weighted by atomic mass is 10.0. The van der Waals surface area contributed by atoms with Crippen molar-refractivity contribution in [2.24, 2.45) is 5.92 Å². The lowest BCUT2D eigenvalue weighted by Crippen LogP contribution is -2.28. The van der Waals surface area contributed by atoms with Crippen LogP contribution < -0.4 is 5.73 Å². The van der Waals surface area contributed by atoms with Crippen molar-refractivity contribution >= 4 is 5.69 Å². The Bertz CT molecular complexity index is 479. The first-order chi connectivity index (χ1) is 9.77. The van der Waals surface area contributed by atoms with E-state index in [0.29, 0.717) is 24.1 Å². The van der Waals surface area contributed by atoms with Crippen molar-refractivity contribution in [3.8, 4) is 0 Å². The van der Waals surface area contributed by atoms with Crippen LogP contribution in [0.25, 0.3) is 0 Å². The first-order valence-corrected chi connectivity index (χ1v) is 7.47. The van der Waals surface area contributed by atoms with E-state index < -0.39 is 11.7 Å². The minimum atomic E-state index is -4.35. The van der Waals surface area contributed by atoms with Gasteiger partial charge in [-0.25, -0.2) is 0 Å².